The molecule has 0 unspecified atom stereocenters. The van der Waals surface area contributed by atoms with Gasteiger partial charge < -0.3 is 4.74 Å². The highest BCUT2D eigenvalue weighted by molar-refractivity contribution is 4.92. The van der Waals surface area contributed by atoms with Gasteiger partial charge in [-0.2, -0.15) is 0 Å². The second-order valence-electron chi connectivity index (χ2n) is 5.67. The largest absolute Gasteiger partial charge is 0.380 e. The lowest BCUT2D eigenvalue weighted by Gasteiger charge is -2.49. The van der Waals surface area contributed by atoms with E-state index >= 15 is 0 Å². The van der Waals surface area contributed by atoms with Crippen molar-refractivity contribution in [3.8, 4) is 0 Å². The van der Waals surface area contributed by atoms with Gasteiger partial charge in [-0.25, -0.2) is 0 Å². The Morgan fingerprint density at radius 1 is 1.44 bits per heavy atom. The lowest BCUT2D eigenvalue weighted by molar-refractivity contribution is -0.0117. The van der Waals surface area contributed by atoms with Crippen molar-refractivity contribution in [2.24, 2.45) is 11.3 Å². The molecule has 0 aliphatic carbocycles. The van der Waals surface area contributed by atoms with Gasteiger partial charge in [0.25, 0.3) is 0 Å². The van der Waals surface area contributed by atoms with E-state index in [-0.39, 0.29) is 0 Å². The van der Waals surface area contributed by atoms with Crippen LogP contribution in [0.5, 0.6) is 0 Å². The molecule has 0 saturated carbocycles. The fourth-order valence-electron chi connectivity index (χ4n) is 2.89. The van der Waals surface area contributed by atoms with Crippen LogP contribution in [0.25, 0.3) is 0 Å². The zero-order chi connectivity index (χ0) is 12.2. The molecule has 0 spiro atoms. The maximum absolute atomic E-state index is 5.47. The molecule has 1 fully saturated rings. The maximum Gasteiger partial charge on any atom is 0.0593 e. The summed E-state index contributed by atoms with van der Waals surface area (Å²) in [6, 6.07) is 0.682. The topological polar surface area (TPSA) is 12.5 Å². The summed E-state index contributed by atoms with van der Waals surface area (Å²) in [4.78, 5) is 2.61. The van der Waals surface area contributed by atoms with Gasteiger partial charge in [0.05, 0.1) is 6.61 Å². The average molecular weight is 227 g/mol. The maximum atomic E-state index is 5.47. The molecule has 2 heteroatoms. The Kier molecular flexibility index (Phi) is 5.26. The fourth-order valence-corrected chi connectivity index (χ4v) is 2.89. The van der Waals surface area contributed by atoms with E-state index in [2.05, 4.69) is 39.5 Å². The van der Waals surface area contributed by atoms with Crippen LogP contribution in [0.1, 0.15) is 47.5 Å². The second-order valence-corrected chi connectivity index (χ2v) is 5.67. The van der Waals surface area contributed by atoms with Crippen molar-refractivity contribution in [2.45, 2.75) is 53.5 Å². The molecule has 2 nitrogen and oxygen atoms in total. The van der Waals surface area contributed by atoms with Gasteiger partial charge in [-0.3, -0.25) is 4.90 Å². The normalized spacial score (nSPS) is 32.2. The van der Waals surface area contributed by atoms with Crippen LogP contribution in [-0.2, 0) is 4.74 Å². The molecule has 1 rings (SSSR count). The zero-order valence-corrected chi connectivity index (χ0v) is 11.8. The van der Waals surface area contributed by atoms with Crippen LogP contribution in [0.3, 0.4) is 0 Å². The van der Waals surface area contributed by atoms with Gasteiger partial charge in [0.2, 0.25) is 0 Å². The van der Waals surface area contributed by atoms with Crippen LogP contribution >= 0.6 is 0 Å². The summed E-state index contributed by atoms with van der Waals surface area (Å²) in [7, 11) is 0. The molecule has 0 bridgehead atoms. The zero-order valence-electron chi connectivity index (χ0n) is 11.8. The number of nitrogens with zero attached hydrogens (tertiary/aromatic N) is 1. The van der Waals surface area contributed by atoms with Gasteiger partial charge in [0, 0.05) is 19.2 Å². The number of hydrogen-bond donors (Lipinski definition) is 0. The van der Waals surface area contributed by atoms with E-state index < -0.39 is 0 Å². The molecule has 1 saturated heterocycles. The van der Waals surface area contributed by atoms with E-state index in [4.69, 9.17) is 4.74 Å². The molecule has 0 aromatic heterocycles. The second kappa shape index (κ2) is 6.02. The number of hydrogen-bond acceptors (Lipinski definition) is 2. The first-order chi connectivity index (χ1) is 7.52. The van der Waals surface area contributed by atoms with Crippen molar-refractivity contribution in [3.63, 3.8) is 0 Å². The summed E-state index contributed by atoms with van der Waals surface area (Å²) in [6.45, 7) is 15.7. The summed E-state index contributed by atoms with van der Waals surface area (Å²) in [5, 5.41) is 0. The average Bonchev–Trinajstić information content (AvgIpc) is 2.24. The highest BCUT2D eigenvalue weighted by Crippen LogP contribution is 2.41. The van der Waals surface area contributed by atoms with Crippen molar-refractivity contribution < 1.29 is 4.74 Å². The highest BCUT2D eigenvalue weighted by Gasteiger charge is 2.39. The Morgan fingerprint density at radius 3 is 2.69 bits per heavy atom. The number of rotatable bonds is 5. The molecule has 0 aromatic rings. The minimum Gasteiger partial charge on any atom is -0.380 e. The lowest BCUT2D eigenvalue weighted by Crippen LogP contribution is -2.52. The van der Waals surface area contributed by atoms with Crippen LogP contribution in [0.4, 0.5) is 0 Å². The molecule has 0 amide bonds. The molecule has 2 atom stereocenters. The van der Waals surface area contributed by atoms with Gasteiger partial charge in [-0.1, -0.05) is 20.8 Å². The summed E-state index contributed by atoms with van der Waals surface area (Å²) in [6.07, 6.45) is 2.71. The molecule has 1 aliphatic rings. The van der Waals surface area contributed by atoms with E-state index in [1.807, 2.05) is 0 Å². The van der Waals surface area contributed by atoms with Crippen LogP contribution < -0.4 is 0 Å². The SMILES string of the molecule is CCOCCN1CCC[C@@](C)(C(C)C)[C@H]1C. The number of likely N-dealkylation sites (tertiary alicyclic amines) is 1. The smallest absolute Gasteiger partial charge is 0.0593 e. The predicted molar refractivity (Wildman–Crippen MR) is 69.7 cm³/mol. The first-order valence-electron chi connectivity index (χ1n) is 6.84. The van der Waals surface area contributed by atoms with Crippen molar-refractivity contribution in [3.05, 3.63) is 0 Å². The first-order valence-corrected chi connectivity index (χ1v) is 6.84. The lowest BCUT2D eigenvalue weighted by atomic mass is 9.68. The van der Waals surface area contributed by atoms with Gasteiger partial charge in [-0.15, -0.1) is 0 Å². The van der Waals surface area contributed by atoms with E-state index in [0.717, 1.165) is 25.7 Å². The van der Waals surface area contributed by atoms with E-state index in [1.165, 1.54) is 19.4 Å². The molecule has 0 N–H and O–H groups in total. The first kappa shape index (κ1) is 14.0. The third-order valence-electron chi connectivity index (χ3n) is 4.71. The molecule has 0 aromatic carbocycles. The highest BCUT2D eigenvalue weighted by atomic mass is 16.5. The van der Waals surface area contributed by atoms with Crippen molar-refractivity contribution in [1.82, 2.24) is 4.90 Å². The minimum atomic E-state index is 0.477. The molecule has 1 aliphatic heterocycles. The van der Waals surface area contributed by atoms with Gasteiger partial charge in [0.1, 0.15) is 0 Å². The summed E-state index contributed by atoms with van der Waals surface area (Å²) >= 11 is 0. The van der Waals surface area contributed by atoms with Crippen LogP contribution in [0.2, 0.25) is 0 Å². The summed E-state index contributed by atoms with van der Waals surface area (Å²) < 4.78 is 5.47. The number of ether oxygens (including phenoxy) is 1. The van der Waals surface area contributed by atoms with Crippen molar-refractivity contribution >= 4 is 0 Å². The Labute approximate surface area is 101 Å². The van der Waals surface area contributed by atoms with E-state index in [1.54, 1.807) is 0 Å². The van der Waals surface area contributed by atoms with Gasteiger partial charge >= 0.3 is 0 Å². The van der Waals surface area contributed by atoms with Crippen molar-refractivity contribution in [1.29, 1.82) is 0 Å². The van der Waals surface area contributed by atoms with Gasteiger partial charge in [0.15, 0.2) is 0 Å². The van der Waals surface area contributed by atoms with Crippen molar-refractivity contribution in [2.75, 3.05) is 26.3 Å². The Morgan fingerprint density at radius 2 is 2.12 bits per heavy atom. The number of piperidine rings is 1. The Bertz CT molecular complexity index is 205. The molecular formula is C14H29NO. The van der Waals surface area contributed by atoms with Crippen LogP contribution in [0, 0.1) is 11.3 Å². The minimum absolute atomic E-state index is 0.477. The van der Waals surface area contributed by atoms with E-state index in [0.29, 0.717) is 11.5 Å². The molecular weight excluding hydrogens is 198 g/mol. The third-order valence-corrected chi connectivity index (χ3v) is 4.71. The third kappa shape index (κ3) is 2.98. The monoisotopic (exact) mass is 227 g/mol. The fraction of sp³-hybridized carbons (Fsp3) is 1.00. The van der Waals surface area contributed by atoms with Gasteiger partial charge in [-0.05, 0) is 44.6 Å². The van der Waals surface area contributed by atoms with Crippen LogP contribution in [-0.4, -0.2) is 37.2 Å². The summed E-state index contributed by atoms with van der Waals surface area (Å²) in [5.41, 5.74) is 0.477. The molecule has 96 valence electrons. The van der Waals surface area contributed by atoms with Crippen LogP contribution in [0.15, 0.2) is 0 Å². The van der Waals surface area contributed by atoms with E-state index in [9.17, 15) is 0 Å². The summed E-state index contributed by atoms with van der Waals surface area (Å²) in [5.74, 6) is 0.761. The molecule has 1 heterocycles. The predicted octanol–water partition coefficient (Wildman–Crippen LogP) is 3.17. The standard InChI is InChI=1S/C14H29NO/c1-6-16-11-10-15-9-7-8-14(5,12(2)3)13(15)4/h12-13H,6-11H2,1-5H3/t13-,14+/m1/s1. The Hall–Kier alpha value is -0.0800. The molecule has 0 radical (unpaired) electrons. The quantitative estimate of drug-likeness (QED) is 0.669. The molecule has 16 heavy (non-hydrogen) atoms. The Balaban J connectivity index is 2.53.